The van der Waals surface area contributed by atoms with E-state index in [1.54, 1.807) is 6.07 Å². The normalized spacial score (nSPS) is 16.9. The Morgan fingerprint density at radius 1 is 1.00 bits per heavy atom. The molecule has 2 aliphatic heterocycles. The quantitative estimate of drug-likeness (QED) is 0.241. The molecule has 12 nitrogen and oxygen atoms in total. The molecule has 44 heavy (non-hydrogen) atoms. The van der Waals surface area contributed by atoms with Gasteiger partial charge >= 0.3 is 0 Å². The first-order chi connectivity index (χ1) is 21.4. The molecule has 3 aliphatic rings. The maximum Gasteiger partial charge on any atom is 0.277 e. The first kappa shape index (κ1) is 29.6. The molecule has 6 rings (SSSR count). The number of amides is 2. The number of nitrogens with one attached hydrogen (secondary N) is 1. The van der Waals surface area contributed by atoms with Crippen LogP contribution < -0.4 is 20.0 Å². The second-order valence-electron chi connectivity index (χ2n) is 12.0. The molecule has 3 fully saturated rings. The van der Waals surface area contributed by atoms with E-state index in [9.17, 15) is 14.4 Å². The fourth-order valence-electron chi connectivity index (χ4n) is 5.76. The highest BCUT2D eigenvalue weighted by Crippen LogP contribution is 2.39. The number of anilines is 4. The van der Waals surface area contributed by atoms with E-state index in [2.05, 4.69) is 30.3 Å². The van der Waals surface area contributed by atoms with E-state index in [1.165, 1.54) is 6.26 Å². The molecule has 0 atom stereocenters. The van der Waals surface area contributed by atoms with Crippen LogP contribution in [0.3, 0.4) is 0 Å². The number of piperazine rings is 1. The van der Waals surface area contributed by atoms with Gasteiger partial charge in [0.2, 0.25) is 5.91 Å². The lowest BCUT2D eigenvalue weighted by Gasteiger charge is -2.37. The maximum absolute atomic E-state index is 13.3. The van der Waals surface area contributed by atoms with Crippen molar-refractivity contribution in [3.63, 3.8) is 0 Å². The number of aromatic nitrogens is 3. The van der Waals surface area contributed by atoms with Gasteiger partial charge in [-0.3, -0.25) is 14.4 Å². The number of hydrogen-bond donors (Lipinski definition) is 1. The van der Waals surface area contributed by atoms with Crippen LogP contribution in [0, 0.1) is 0 Å². The van der Waals surface area contributed by atoms with Crippen molar-refractivity contribution < 1.29 is 18.8 Å². The van der Waals surface area contributed by atoms with Crippen LogP contribution >= 0.6 is 0 Å². The topological polar surface area (TPSA) is 128 Å². The predicted molar refractivity (Wildman–Crippen MR) is 168 cm³/mol. The second kappa shape index (κ2) is 13.0. The summed E-state index contributed by atoms with van der Waals surface area (Å²) in [5.74, 6) is 2.40. The molecule has 0 bridgehead atoms. The molecule has 1 saturated carbocycles. The van der Waals surface area contributed by atoms with Gasteiger partial charge in [0.05, 0.1) is 11.4 Å². The highest BCUT2D eigenvalue weighted by atomic mass is 16.3. The number of oxazole rings is 1. The van der Waals surface area contributed by atoms with Crippen LogP contribution in [0.15, 0.2) is 41.0 Å². The Balaban J connectivity index is 1.14. The molecular weight excluding hydrogens is 560 g/mol. The van der Waals surface area contributed by atoms with E-state index in [4.69, 9.17) is 4.42 Å². The van der Waals surface area contributed by atoms with E-state index < -0.39 is 0 Å². The third kappa shape index (κ3) is 6.84. The van der Waals surface area contributed by atoms with Crippen LogP contribution in [-0.4, -0.2) is 91.0 Å². The van der Waals surface area contributed by atoms with E-state index in [-0.39, 0.29) is 23.3 Å². The Hall–Kier alpha value is -4.48. The lowest BCUT2D eigenvalue weighted by atomic mass is 10.0. The molecule has 0 unspecified atom stereocenters. The molecule has 2 amide bonds. The van der Waals surface area contributed by atoms with Crippen molar-refractivity contribution in [1.82, 2.24) is 20.1 Å². The van der Waals surface area contributed by atoms with Crippen molar-refractivity contribution in [2.24, 2.45) is 0 Å². The highest BCUT2D eigenvalue weighted by molar-refractivity contribution is 6.06. The van der Waals surface area contributed by atoms with Gasteiger partial charge in [-0.15, -0.1) is 10.2 Å². The van der Waals surface area contributed by atoms with Crippen molar-refractivity contribution in [1.29, 1.82) is 0 Å². The molecule has 1 N–H and O–H groups in total. The molecule has 232 valence electrons. The first-order valence-corrected chi connectivity index (χ1v) is 15.6. The Morgan fingerprint density at radius 2 is 1.80 bits per heavy atom. The number of carbonyl (C=O) groups excluding carboxylic acids is 3. The van der Waals surface area contributed by atoms with Gasteiger partial charge in [0.25, 0.3) is 5.91 Å². The number of rotatable bonds is 12. The molecule has 12 heteroatoms. The van der Waals surface area contributed by atoms with Crippen molar-refractivity contribution in [3.8, 4) is 0 Å². The molecule has 1 aromatic carbocycles. The minimum atomic E-state index is -0.364. The third-order valence-corrected chi connectivity index (χ3v) is 8.54. The smallest absolute Gasteiger partial charge is 0.277 e. The van der Waals surface area contributed by atoms with Crippen LogP contribution in [0.2, 0.25) is 0 Å². The summed E-state index contributed by atoms with van der Waals surface area (Å²) in [6.07, 6.45) is 6.89. The van der Waals surface area contributed by atoms with Crippen molar-refractivity contribution in [2.45, 2.75) is 50.9 Å². The average Bonchev–Trinajstić information content (AvgIpc) is 3.62. The summed E-state index contributed by atoms with van der Waals surface area (Å²) < 4.78 is 5.55. The highest BCUT2D eigenvalue weighted by Gasteiger charge is 2.30. The van der Waals surface area contributed by atoms with Crippen molar-refractivity contribution in [2.75, 3.05) is 73.4 Å². The summed E-state index contributed by atoms with van der Waals surface area (Å²) >= 11 is 0. The van der Waals surface area contributed by atoms with Gasteiger partial charge in [-0.05, 0) is 62.4 Å². The number of Topliss-reactive ketones (excluding diaryl/α,β-unsaturated/α-hetero) is 1. The van der Waals surface area contributed by atoms with Crippen LogP contribution in [0.5, 0.6) is 0 Å². The lowest BCUT2D eigenvalue weighted by molar-refractivity contribution is -0.127. The van der Waals surface area contributed by atoms with Gasteiger partial charge in [0, 0.05) is 77.7 Å². The van der Waals surface area contributed by atoms with Gasteiger partial charge in [0.15, 0.2) is 29.0 Å². The van der Waals surface area contributed by atoms with Gasteiger partial charge < -0.3 is 29.3 Å². The number of unbranched alkanes of at least 4 members (excludes halogenated alkanes) is 1. The summed E-state index contributed by atoms with van der Waals surface area (Å²) in [6.45, 7) is 4.39. The number of likely N-dealkylation sites (tertiary alicyclic amines) is 1. The number of carbonyl (C=O) groups is 3. The van der Waals surface area contributed by atoms with E-state index in [1.807, 2.05) is 48.2 Å². The van der Waals surface area contributed by atoms with Gasteiger partial charge in [-0.1, -0.05) is 0 Å². The summed E-state index contributed by atoms with van der Waals surface area (Å²) in [4.78, 5) is 51.0. The third-order valence-electron chi connectivity index (χ3n) is 8.54. The second-order valence-corrected chi connectivity index (χ2v) is 12.0. The fraction of sp³-hybridized carbons (Fsp3) is 0.500. The minimum Gasteiger partial charge on any atom is -0.448 e. The standard InChI is InChI=1S/C32H40N8O4/c1-37(2)28-12-13-29(36-35-28)39-18-16-38(17-19-39)26-11-10-23(27(41)6-3-4-14-40-15-5-7-30(40)42)20-24(26)33-31(43)25-21-44-32(34-25)22-8-9-22/h10-13,20-22H,3-9,14-19H2,1-2H3,(H,33,43). The average molecular weight is 601 g/mol. The zero-order chi connectivity index (χ0) is 30.6. The molecular formula is C32H40N8O4. The number of hydrogen-bond acceptors (Lipinski definition) is 10. The summed E-state index contributed by atoms with van der Waals surface area (Å²) in [5.41, 5.74) is 2.20. The van der Waals surface area contributed by atoms with Gasteiger partial charge in [-0.25, -0.2) is 4.98 Å². The number of nitrogens with zero attached hydrogens (tertiary/aromatic N) is 7. The summed E-state index contributed by atoms with van der Waals surface area (Å²) in [6, 6.07) is 9.49. The predicted octanol–water partition coefficient (Wildman–Crippen LogP) is 3.96. The molecule has 1 aliphatic carbocycles. The zero-order valence-corrected chi connectivity index (χ0v) is 25.5. The molecule has 2 saturated heterocycles. The monoisotopic (exact) mass is 600 g/mol. The molecule has 4 heterocycles. The Kier molecular flexibility index (Phi) is 8.76. The molecule has 3 aromatic rings. The summed E-state index contributed by atoms with van der Waals surface area (Å²) in [7, 11) is 3.87. The van der Waals surface area contributed by atoms with Crippen molar-refractivity contribution >= 4 is 40.6 Å². The van der Waals surface area contributed by atoms with E-state index in [0.717, 1.165) is 62.6 Å². The van der Waals surface area contributed by atoms with Crippen LogP contribution in [0.4, 0.5) is 23.0 Å². The van der Waals surface area contributed by atoms with Gasteiger partial charge in [-0.2, -0.15) is 0 Å². The number of benzene rings is 1. The maximum atomic E-state index is 13.3. The van der Waals surface area contributed by atoms with Crippen LogP contribution in [0.25, 0.3) is 0 Å². The first-order valence-electron chi connectivity index (χ1n) is 15.6. The fourth-order valence-corrected chi connectivity index (χ4v) is 5.76. The Bertz CT molecular complexity index is 1490. The van der Waals surface area contributed by atoms with Crippen LogP contribution in [-0.2, 0) is 4.79 Å². The summed E-state index contributed by atoms with van der Waals surface area (Å²) in [5, 5.41) is 11.7. The largest absolute Gasteiger partial charge is 0.448 e. The number of ketones is 1. The Labute approximate surface area is 257 Å². The minimum absolute atomic E-state index is 0.0156. The molecule has 0 spiro atoms. The molecule has 2 aromatic heterocycles. The Morgan fingerprint density at radius 3 is 2.48 bits per heavy atom. The van der Waals surface area contributed by atoms with E-state index >= 15 is 0 Å². The SMILES string of the molecule is CN(C)c1ccc(N2CCN(c3ccc(C(=O)CCCCN4CCCC4=O)cc3NC(=O)c3coc(C4CC4)n3)CC2)nn1. The zero-order valence-electron chi connectivity index (χ0n) is 25.5. The van der Waals surface area contributed by atoms with E-state index in [0.29, 0.717) is 62.0 Å². The molecule has 0 radical (unpaired) electrons. The lowest BCUT2D eigenvalue weighted by Crippen LogP contribution is -2.47. The van der Waals surface area contributed by atoms with Crippen LogP contribution in [0.1, 0.15) is 77.6 Å². The van der Waals surface area contributed by atoms with Gasteiger partial charge in [0.1, 0.15) is 6.26 Å². The van der Waals surface area contributed by atoms with Crippen molar-refractivity contribution in [3.05, 3.63) is 53.7 Å².